The van der Waals surface area contributed by atoms with Crippen LogP contribution in [0.3, 0.4) is 0 Å². The predicted octanol–water partition coefficient (Wildman–Crippen LogP) is 1.87. The molecule has 1 amide bonds. The second-order valence-corrected chi connectivity index (χ2v) is 4.75. The average Bonchev–Trinajstić information content (AvgIpc) is 2.42. The molecule has 1 aromatic carbocycles. The van der Waals surface area contributed by atoms with Crippen molar-refractivity contribution in [2.75, 3.05) is 13.3 Å². The molecule has 1 rings (SSSR count). The van der Waals surface area contributed by atoms with Gasteiger partial charge in [-0.25, -0.2) is 9.18 Å². The molecule has 2 N–H and O–H groups in total. The molecular formula is C14H18FNO4. The van der Waals surface area contributed by atoms with Gasteiger partial charge >= 0.3 is 5.97 Å². The van der Waals surface area contributed by atoms with Gasteiger partial charge in [-0.05, 0) is 30.2 Å². The van der Waals surface area contributed by atoms with Crippen LogP contribution < -0.4 is 10.1 Å². The fraction of sp³-hybridized carbons (Fsp3) is 0.429. The highest BCUT2D eigenvalue weighted by Gasteiger charge is 2.20. The summed E-state index contributed by atoms with van der Waals surface area (Å²) in [6, 6.07) is 4.70. The van der Waals surface area contributed by atoms with Gasteiger partial charge in [-0.1, -0.05) is 13.8 Å². The van der Waals surface area contributed by atoms with E-state index in [1.807, 2.05) is 13.8 Å². The topological polar surface area (TPSA) is 75.6 Å². The van der Waals surface area contributed by atoms with E-state index < -0.39 is 24.6 Å². The van der Waals surface area contributed by atoms with Crippen molar-refractivity contribution in [3.05, 3.63) is 29.8 Å². The van der Waals surface area contributed by atoms with Gasteiger partial charge in [0.15, 0.2) is 6.04 Å². The monoisotopic (exact) mass is 283 g/mol. The minimum atomic E-state index is -1.53. The molecule has 1 unspecified atom stereocenters. The molecule has 0 spiro atoms. The first-order valence-corrected chi connectivity index (χ1v) is 6.26. The zero-order chi connectivity index (χ0) is 15.1. The summed E-state index contributed by atoms with van der Waals surface area (Å²) in [5.41, 5.74) is 0.251. The summed E-state index contributed by atoms with van der Waals surface area (Å²) < 4.78 is 17.9. The molecule has 20 heavy (non-hydrogen) atoms. The Labute approximate surface area is 116 Å². The summed E-state index contributed by atoms with van der Waals surface area (Å²) in [7, 11) is 0. The minimum Gasteiger partial charge on any atom is -0.493 e. The summed E-state index contributed by atoms with van der Waals surface area (Å²) in [6.07, 6.45) is 0. The first kappa shape index (κ1) is 15.9. The summed E-state index contributed by atoms with van der Waals surface area (Å²) in [6.45, 7) is 3.45. The molecule has 0 aromatic heterocycles. The molecule has 0 aliphatic carbocycles. The average molecular weight is 283 g/mol. The lowest BCUT2D eigenvalue weighted by atomic mass is 10.2. The highest BCUT2D eigenvalue weighted by molar-refractivity contribution is 5.96. The Hall–Kier alpha value is -2.11. The normalized spacial score (nSPS) is 12.0. The number of hydrogen-bond donors (Lipinski definition) is 2. The van der Waals surface area contributed by atoms with Gasteiger partial charge in [-0.2, -0.15) is 0 Å². The van der Waals surface area contributed by atoms with Crippen LogP contribution in [0.4, 0.5) is 4.39 Å². The second kappa shape index (κ2) is 7.47. The van der Waals surface area contributed by atoms with Crippen molar-refractivity contribution in [1.29, 1.82) is 0 Å². The molecular weight excluding hydrogens is 265 g/mol. The third-order valence-corrected chi connectivity index (χ3v) is 2.46. The molecule has 0 saturated carbocycles. The fourth-order valence-electron chi connectivity index (χ4n) is 1.37. The number of aliphatic carboxylic acids is 1. The molecule has 5 nitrogen and oxygen atoms in total. The van der Waals surface area contributed by atoms with E-state index in [-0.39, 0.29) is 5.56 Å². The van der Waals surface area contributed by atoms with Crippen molar-refractivity contribution in [3.8, 4) is 5.75 Å². The zero-order valence-electron chi connectivity index (χ0n) is 11.4. The van der Waals surface area contributed by atoms with Crippen molar-refractivity contribution >= 4 is 11.9 Å². The largest absolute Gasteiger partial charge is 0.493 e. The van der Waals surface area contributed by atoms with E-state index in [4.69, 9.17) is 9.84 Å². The Morgan fingerprint density at radius 1 is 1.30 bits per heavy atom. The lowest BCUT2D eigenvalue weighted by Gasteiger charge is -2.12. The number of nitrogens with one attached hydrogen (secondary N) is 1. The third-order valence-electron chi connectivity index (χ3n) is 2.46. The van der Waals surface area contributed by atoms with Crippen molar-refractivity contribution < 1.29 is 23.8 Å². The molecule has 6 heteroatoms. The van der Waals surface area contributed by atoms with Crippen LogP contribution in [0, 0.1) is 5.92 Å². The molecule has 0 fully saturated rings. The molecule has 0 heterocycles. The van der Waals surface area contributed by atoms with Crippen LogP contribution in [0.5, 0.6) is 5.75 Å². The number of alkyl halides is 1. The molecule has 0 aliphatic heterocycles. The van der Waals surface area contributed by atoms with Crippen molar-refractivity contribution in [2.24, 2.45) is 5.92 Å². The molecule has 1 aromatic rings. The Bertz CT molecular complexity index is 459. The van der Waals surface area contributed by atoms with Crippen LogP contribution in [0.2, 0.25) is 0 Å². The zero-order valence-corrected chi connectivity index (χ0v) is 11.4. The first-order valence-electron chi connectivity index (χ1n) is 6.26. The number of carbonyl (C=O) groups is 2. The quantitative estimate of drug-likeness (QED) is 0.801. The van der Waals surface area contributed by atoms with E-state index in [2.05, 4.69) is 5.32 Å². The van der Waals surface area contributed by atoms with Gasteiger partial charge in [-0.3, -0.25) is 4.79 Å². The van der Waals surface area contributed by atoms with E-state index in [1.165, 1.54) is 12.1 Å². The van der Waals surface area contributed by atoms with Crippen LogP contribution in [0.1, 0.15) is 24.2 Å². The maximum atomic E-state index is 12.4. The maximum absolute atomic E-state index is 12.4. The molecule has 0 radical (unpaired) electrons. The van der Waals surface area contributed by atoms with Gasteiger partial charge < -0.3 is 15.2 Å². The highest BCUT2D eigenvalue weighted by Crippen LogP contribution is 2.13. The standard InChI is InChI=1S/C14H18FNO4/c1-9(2)8-20-11-5-3-10(4-6-11)13(17)16-12(7-15)14(18)19/h3-6,9,12H,7-8H2,1-2H3,(H,16,17)(H,18,19). The number of ether oxygens (including phenoxy) is 1. The Balaban J connectivity index is 2.63. The predicted molar refractivity (Wildman–Crippen MR) is 71.6 cm³/mol. The lowest BCUT2D eigenvalue weighted by molar-refractivity contribution is -0.139. The maximum Gasteiger partial charge on any atom is 0.328 e. The van der Waals surface area contributed by atoms with Crippen molar-refractivity contribution in [3.63, 3.8) is 0 Å². The highest BCUT2D eigenvalue weighted by atomic mass is 19.1. The molecule has 0 bridgehead atoms. The van der Waals surface area contributed by atoms with Crippen molar-refractivity contribution in [2.45, 2.75) is 19.9 Å². The molecule has 0 saturated heterocycles. The van der Waals surface area contributed by atoms with Gasteiger partial charge in [0.05, 0.1) is 6.61 Å². The van der Waals surface area contributed by atoms with E-state index >= 15 is 0 Å². The summed E-state index contributed by atoms with van der Waals surface area (Å²) >= 11 is 0. The second-order valence-electron chi connectivity index (χ2n) is 4.75. The van der Waals surface area contributed by atoms with E-state index in [0.717, 1.165) is 0 Å². The number of carboxylic acid groups (broad SMARTS) is 1. The lowest BCUT2D eigenvalue weighted by Crippen LogP contribution is -2.42. The molecule has 1 atom stereocenters. The Morgan fingerprint density at radius 3 is 2.35 bits per heavy atom. The van der Waals surface area contributed by atoms with Crippen LogP contribution in [0.25, 0.3) is 0 Å². The number of halogens is 1. The fourth-order valence-corrected chi connectivity index (χ4v) is 1.37. The van der Waals surface area contributed by atoms with Crippen molar-refractivity contribution in [1.82, 2.24) is 5.32 Å². The summed E-state index contributed by atoms with van der Waals surface area (Å²) in [5.74, 6) is -1.03. The molecule has 110 valence electrons. The Kier molecular flexibility index (Phi) is 5.96. The number of hydrogen-bond acceptors (Lipinski definition) is 3. The van der Waals surface area contributed by atoms with Crippen LogP contribution in [-0.4, -0.2) is 36.3 Å². The number of carbonyl (C=O) groups excluding carboxylic acids is 1. The molecule has 0 aliphatic rings. The van der Waals surface area contributed by atoms with Crippen LogP contribution >= 0.6 is 0 Å². The van der Waals surface area contributed by atoms with Gasteiger partial charge in [0.25, 0.3) is 5.91 Å². The number of rotatable bonds is 7. The van der Waals surface area contributed by atoms with Crippen LogP contribution in [0.15, 0.2) is 24.3 Å². The summed E-state index contributed by atoms with van der Waals surface area (Å²) in [4.78, 5) is 22.3. The smallest absolute Gasteiger partial charge is 0.328 e. The summed E-state index contributed by atoms with van der Waals surface area (Å²) in [5, 5.41) is 10.8. The SMILES string of the molecule is CC(C)COc1ccc(C(=O)NC(CF)C(=O)O)cc1. The number of carboxylic acids is 1. The van der Waals surface area contributed by atoms with Gasteiger partial charge in [0.2, 0.25) is 0 Å². The minimum absolute atomic E-state index is 0.251. The van der Waals surface area contributed by atoms with E-state index in [9.17, 15) is 14.0 Å². The van der Waals surface area contributed by atoms with Gasteiger partial charge in [0.1, 0.15) is 12.4 Å². The number of benzene rings is 1. The van der Waals surface area contributed by atoms with E-state index in [1.54, 1.807) is 12.1 Å². The van der Waals surface area contributed by atoms with Gasteiger partial charge in [0, 0.05) is 5.56 Å². The Morgan fingerprint density at radius 2 is 1.90 bits per heavy atom. The third kappa shape index (κ3) is 4.87. The van der Waals surface area contributed by atoms with Crippen LogP contribution in [-0.2, 0) is 4.79 Å². The van der Waals surface area contributed by atoms with Gasteiger partial charge in [-0.15, -0.1) is 0 Å². The number of amides is 1. The first-order chi connectivity index (χ1) is 9.43. The van der Waals surface area contributed by atoms with E-state index in [0.29, 0.717) is 18.3 Å².